The predicted octanol–water partition coefficient (Wildman–Crippen LogP) is 1.45. The van der Waals surface area contributed by atoms with Gasteiger partial charge in [-0.05, 0) is 26.0 Å². The van der Waals surface area contributed by atoms with Gasteiger partial charge in [0, 0.05) is 31.7 Å². The molecule has 2 heterocycles. The molecule has 1 saturated heterocycles. The van der Waals surface area contributed by atoms with E-state index in [1.807, 2.05) is 36.5 Å². The number of piperazine rings is 1. The molecule has 1 aromatic carbocycles. The van der Waals surface area contributed by atoms with E-state index in [4.69, 9.17) is 0 Å². The largest absolute Gasteiger partial charge is 0.309 e. The fourth-order valence-corrected chi connectivity index (χ4v) is 2.66. The molecule has 0 unspecified atom stereocenters. The molecule has 1 aliphatic heterocycles. The average Bonchev–Trinajstić information content (AvgIpc) is 2.87. The first-order chi connectivity index (χ1) is 9.62. The number of para-hydroxylation sites is 1. The first-order valence-corrected chi connectivity index (χ1v) is 7.06. The highest BCUT2D eigenvalue weighted by molar-refractivity contribution is 5.28. The van der Waals surface area contributed by atoms with Crippen molar-refractivity contribution < 1.29 is 0 Å². The molecule has 0 spiro atoms. The van der Waals surface area contributed by atoms with Crippen molar-refractivity contribution in [2.45, 2.75) is 25.9 Å². The van der Waals surface area contributed by atoms with Crippen molar-refractivity contribution >= 4 is 0 Å². The van der Waals surface area contributed by atoms with Crippen LogP contribution in [0.3, 0.4) is 0 Å². The topological polar surface area (TPSA) is 46.0 Å². The van der Waals surface area contributed by atoms with Crippen molar-refractivity contribution in [3.8, 4) is 5.69 Å². The zero-order valence-corrected chi connectivity index (χ0v) is 12.1. The van der Waals surface area contributed by atoms with Gasteiger partial charge in [-0.2, -0.15) is 15.0 Å². The molecule has 2 aromatic rings. The summed E-state index contributed by atoms with van der Waals surface area (Å²) in [4.78, 5) is 4.12. The van der Waals surface area contributed by atoms with E-state index in [9.17, 15) is 0 Å². The lowest BCUT2D eigenvalue weighted by Gasteiger charge is -2.38. The average molecular weight is 271 g/mol. The first kappa shape index (κ1) is 13.3. The second-order valence-corrected chi connectivity index (χ2v) is 5.98. The van der Waals surface area contributed by atoms with E-state index in [1.54, 1.807) is 4.80 Å². The number of nitrogens with zero attached hydrogens (tertiary/aromatic N) is 4. The summed E-state index contributed by atoms with van der Waals surface area (Å²) in [7, 11) is 0. The van der Waals surface area contributed by atoms with E-state index in [1.165, 1.54) is 0 Å². The molecule has 0 saturated carbocycles. The van der Waals surface area contributed by atoms with Gasteiger partial charge in [0.1, 0.15) is 0 Å². The monoisotopic (exact) mass is 271 g/mol. The molecule has 1 aromatic heterocycles. The van der Waals surface area contributed by atoms with Crippen LogP contribution < -0.4 is 5.32 Å². The van der Waals surface area contributed by atoms with E-state index < -0.39 is 0 Å². The van der Waals surface area contributed by atoms with Crippen LogP contribution in [0, 0.1) is 0 Å². The summed E-state index contributed by atoms with van der Waals surface area (Å²) in [5, 5.41) is 12.4. The van der Waals surface area contributed by atoms with Gasteiger partial charge < -0.3 is 5.32 Å². The molecule has 0 radical (unpaired) electrons. The molecule has 5 heteroatoms. The van der Waals surface area contributed by atoms with E-state index >= 15 is 0 Å². The van der Waals surface area contributed by atoms with Gasteiger partial charge in [-0.15, -0.1) is 0 Å². The van der Waals surface area contributed by atoms with Crippen LogP contribution in [-0.4, -0.2) is 45.1 Å². The third-order valence-corrected chi connectivity index (χ3v) is 3.56. The summed E-state index contributed by atoms with van der Waals surface area (Å²) in [6.07, 6.45) is 1.86. The maximum Gasteiger partial charge on any atom is 0.0971 e. The van der Waals surface area contributed by atoms with Crippen LogP contribution in [0.4, 0.5) is 0 Å². The van der Waals surface area contributed by atoms with Gasteiger partial charge in [0.15, 0.2) is 0 Å². The Labute approximate surface area is 119 Å². The van der Waals surface area contributed by atoms with Crippen molar-refractivity contribution in [1.82, 2.24) is 25.2 Å². The molecular formula is C15H21N5. The third kappa shape index (κ3) is 3.05. The summed E-state index contributed by atoms with van der Waals surface area (Å²) >= 11 is 0. The minimum atomic E-state index is 0.174. The summed E-state index contributed by atoms with van der Waals surface area (Å²) < 4.78 is 0. The standard InChI is InChI=1S/C15H21N5/c1-15(2)12-19(9-8-16-15)11-13-10-17-20(18-13)14-6-4-3-5-7-14/h3-7,10,16H,8-9,11-12H2,1-2H3. The van der Waals surface area contributed by atoms with Gasteiger partial charge in [-0.25, -0.2) is 0 Å². The highest BCUT2D eigenvalue weighted by atomic mass is 15.5. The van der Waals surface area contributed by atoms with Gasteiger partial charge >= 0.3 is 0 Å². The van der Waals surface area contributed by atoms with Crippen LogP contribution >= 0.6 is 0 Å². The van der Waals surface area contributed by atoms with E-state index in [2.05, 4.69) is 34.3 Å². The molecule has 1 N–H and O–H groups in total. The summed E-state index contributed by atoms with van der Waals surface area (Å²) in [5.74, 6) is 0. The second kappa shape index (κ2) is 5.34. The van der Waals surface area contributed by atoms with Crippen LogP contribution in [0.1, 0.15) is 19.5 Å². The van der Waals surface area contributed by atoms with Crippen LogP contribution in [0.15, 0.2) is 36.5 Å². The molecule has 0 amide bonds. The number of benzene rings is 1. The molecule has 5 nitrogen and oxygen atoms in total. The molecule has 106 valence electrons. The Morgan fingerprint density at radius 1 is 1.25 bits per heavy atom. The lowest BCUT2D eigenvalue weighted by Crippen LogP contribution is -2.56. The molecule has 20 heavy (non-hydrogen) atoms. The highest BCUT2D eigenvalue weighted by Crippen LogP contribution is 2.13. The maximum atomic E-state index is 4.57. The Balaban J connectivity index is 1.69. The van der Waals surface area contributed by atoms with Gasteiger partial charge in [0.05, 0.1) is 17.6 Å². The quantitative estimate of drug-likeness (QED) is 0.918. The molecule has 0 atom stereocenters. The van der Waals surface area contributed by atoms with Gasteiger partial charge in [-0.1, -0.05) is 18.2 Å². The van der Waals surface area contributed by atoms with Crippen molar-refractivity contribution in [2.75, 3.05) is 19.6 Å². The number of hydrogen-bond donors (Lipinski definition) is 1. The predicted molar refractivity (Wildman–Crippen MR) is 78.7 cm³/mol. The van der Waals surface area contributed by atoms with E-state index in [0.29, 0.717) is 0 Å². The fraction of sp³-hybridized carbons (Fsp3) is 0.467. The molecule has 3 rings (SSSR count). The highest BCUT2D eigenvalue weighted by Gasteiger charge is 2.25. The Morgan fingerprint density at radius 2 is 2.05 bits per heavy atom. The summed E-state index contributed by atoms with van der Waals surface area (Å²) in [6, 6.07) is 10.0. The third-order valence-electron chi connectivity index (χ3n) is 3.56. The smallest absolute Gasteiger partial charge is 0.0971 e. The van der Waals surface area contributed by atoms with Crippen LogP contribution in [-0.2, 0) is 6.54 Å². The maximum absolute atomic E-state index is 4.57. The van der Waals surface area contributed by atoms with Crippen LogP contribution in [0.5, 0.6) is 0 Å². The molecular weight excluding hydrogens is 250 g/mol. The zero-order valence-electron chi connectivity index (χ0n) is 12.1. The lowest BCUT2D eigenvalue weighted by atomic mass is 10.0. The van der Waals surface area contributed by atoms with Crippen molar-refractivity contribution in [3.63, 3.8) is 0 Å². The number of rotatable bonds is 3. The normalized spacial score (nSPS) is 19.1. The Hall–Kier alpha value is -1.72. The minimum Gasteiger partial charge on any atom is -0.309 e. The van der Waals surface area contributed by atoms with Crippen LogP contribution in [0.25, 0.3) is 5.69 Å². The zero-order chi connectivity index (χ0) is 14.0. The molecule has 0 bridgehead atoms. The van der Waals surface area contributed by atoms with Gasteiger partial charge in [-0.3, -0.25) is 4.90 Å². The van der Waals surface area contributed by atoms with Crippen molar-refractivity contribution in [3.05, 3.63) is 42.2 Å². The molecule has 1 aliphatic rings. The first-order valence-electron chi connectivity index (χ1n) is 7.06. The lowest BCUT2D eigenvalue weighted by molar-refractivity contribution is 0.147. The van der Waals surface area contributed by atoms with Gasteiger partial charge in [0.25, 0.3) is 0 Å². The molecule has 1 fully saturated rings. The second-order valence-electron chi connectivity index (χ2n) is 5.98. The Morgan fingerprint density at radius 3 is 2.80 bits per heavy atom. The number of hydrogen-bond acceptors (Lipinski definition) is 4. The van der Waals surface area contributed by atoms with Gasteiger partial charge in [0.2, 0.25) is 0 Å². The van der Waals surface area contributed by atoms with E-state index in [-0.39, 0.29) is 5.54 Å². The van der Waals surface area contributed by atoms with Crippen molar-refractivity contribution in [1.29, 1.82) is 0 Å². The summed E-state index contributed by atoms with van der Waals surface area (Å²) in [6.45, 7) is 8.45. The fourth-order valence-electron chi connectivity index (χ4n) is 2.66. The van der Waals surface area contributed by atoms with Crippen molar-refractivity contribution in [2.24, 2.45) is 0 Å². The summed E-state index contributed by atoms with van der Waals surface area (Å²) in [5.41, 5.74) is 2.19. The minimum absolute atomic E-state index is 0.174. The number of nitrogens with one attached hydrogen (secondary N) is 1. The Kier molecular flexibility index (Phi) is 3.54. The molecule has 0 aliphatic carbocycles. The Bertz CT molecular complexity index is 561. The van der Waals surface area contributed by atoms with E-state index in [0.717, 1.165) is 37.6 Å². The number of aromatic nitrogens is 3. The van der Waals surface area contributed by atoms with Crippen LogP contribution in [0.2, 0.25) is 0 Å². The SMILES string of the molecule is CC1(C)CN(Cc2cnn(-c3ccccc3)n2)CCN1.